The Morgan fingerprint density at radius 3 is 2.40 bits per heavy atom. The minimum Gasteiger partial charge on any atom is -0.462 e. The van der Waals surface area contributed by atoms with Gasteiger partial charge in [0.05, 0.1) is 18.3 Å². The second-order valence-corrected chi connectivity index (χ2v) is 10.3. The first-order valence-electron chi connectivity index (χ1n) is 13.4. The van der Waals surface area contributed by atoms with Gasteiger partial charge in [-0.3, -0.25) is 9.59 Å². The van der Waals surface area contributed by atoms with Crippen molar-refractivity contribution in [1.82, 2.24) is 4.90 Å². The van der Waals surface area contributed by atoms with Crippen molar-refractivity contribution < 1.29 is 28.9 Å². The van der Waals surface area contributed by atoms with E-state index in [1.54, 1.807) is 6.08 Å². The second-order valence-electron chi connectivity index (χ2n) is 10.3. The van der Waals surface area contributed by atoms with Crippen molar-refractivity contribution in [1.29, 1.82) is 0 Å². The summed E-state index contributed by atoms with van der Waals surface area (Å²) in [5, 5.41) is 10.5. The molecule has 2 aliphatic heterocycles. The lowest BCUT2D eigenvalue weighted by atomic mass is 9.94. The summed E-state index contributed by atoms with van der Waals surface area (Å²) >= 11 is 0. The first kappa shape index (κ1) is 29.7. The molecule has 1 N–H and O–H groups in total. The van der Waals surface area contributed by atoms with E-state index in [4.69, 9.17) is 14.2 Å². The lowest BCUT2D eigenvalue weighted by Crippen LogP contribution is -2.53. The van der Waals surface area contributed by atoms with Crippen LogP contribution in [0.4, 0.5) is 0 Å². The van der Waals surface area contributed by atoms with Crippen LogP contribution in [0.3, 0.4) is 0 Å². The zero-order valence-corrected chi connectivity index (χ0v) is 22.6. The number of aliphatic hydroxyl groups excluding tert-OH is 1. The molecule has 1 saturated heterocycles. The summed E-state index contributed by atoms with van der Waals surface area (Å²) in [6, 6.07) is -0.0505. The van der Waals surface area contributed by atoms with Gasteiger partial charge in [-0.05, 0) is 72.5 Å². The third-order valence-corrected chi connectivity index (χ3v) is 7.18. The number of cyclic esters (lactones) is 1. The number of esters is 1. The fourth-order valence-corrected chi connectivity index (χ4v) is 4.99. The van der Waals surface area contributed by atoms with Crippen molar-refractivity contribution in [2.24, 2.45) is 5.92 Å². The Hall–Kier alpha value is -1.54. The fourth-order valence-electron chi connectivity index (χ4n) is 4.99. The van der Waals surface area contributed by atoms with E-state index in [1.165, 1.54) is 0 Å². The number of ketones is 1. The molecule has 2 heterocycles. The van der Waals surface area contributed by atoms with Crippen LogP contribution in [-0.4, -0.2) is 72.6 Å². The number of likely N-dealkylation sites (N-methyl/N-ethyl adjacent to an activating group) is 1. The molecule has 0 aromatic rings. The maximum absolute atomic E-state index is 12.6. The average molecular weight is 494 g/mol. The summed E-state index contributed by atoms with van der Waals surface area (Å²) in [7, 11) is 3.90. The predicted molar refractivity (Wildman–Crippen MR) is 137 cm³/mol. The number of ether oxygens (including phenoxy) is 3. The Morgan fingerprint density at radius 1 is 1.09 bits per heavy atom. The van der Waals surface area contributed by atoms with Crippen molar-refractivity contribution in [3.05, 3.63) is 23.8 Å². The summed E-state index contributed by atoms with van der Waals surface area (Å²) < 4.78 is 18.2. The Kier molecular flexibility index (Phi) is 12.6. The third-order valence-electron chi connectivity index (χ3n) is 7.18. The number of hydrogen-bond donors (Lipinski definition) is 1. The molecule has 0 spiro atoms. The van der Waals surface area contributed by atoms with E-state index in [2.05, 4.69) is 13.0 Å². The number of rotatable bonds is 5. The lowest BCUT2D eigenvalue weighted by Gasteiger charge is -2.41. The van der Waals surface area contributed by atoms with Crippen LogP contribution in [0.1, 0.15) is 85.5 Å². The molecule has 0 aromatic heterocycles. The smallest absolute Gasteiger partial charge is 0.306 e. The van der Waals surface area contributed by atoms with Crippen LogP contribution >= 0.6 is 0 Å². The van der Waals surface area contributed by atoms with Crippen LogP contribution in [0.15, 0.2) is 23.8 Å². The molecule has 2 rings (SSSR count). The minimum atomic E-state index is -0.572. The third kappa shape index (κ3) is 9.79. The van der Waals surface area contributed by atoms with Gasteiger partial charge in [0.15, 0.2) is 12.1 Å². The quantitative estimate of drug-likeness (QED) is 0.562. The van der Waals surface area contributed by atoms with Gasteiger partial charge in [-0.15, -0.1) is 0 Å². The average Bonchev–Trinajstić information content (AvgIpc) is 2.81. The second kappa shape index (κ2) is 14.9. The van der Waals surface area contributed by atoms with E-state index in [1.807, 2.05) is 45.8 Å². The molecule has 0 radical (unpaired) electrons. The Balaban J connectivity index is 2.10. The van der Waals surface area contributed by atoms with E-state index in [9.17, 15) is 14.7 Å². The largest absolute Gasteiger partial charge is 0.462 e. The number of nitrogens with zero attached hydrogens (tertiary/aromatic N) is 1. The predicted octanol–water partition coefficient (Wildman–Crippen LogP) is 4.57. The molecule has 0 aliphatic carbocycles. The number of carbonyl (C=O) groups is 2. The van der Waals surface area contributed by atoms with Crippen LogP contribution in [0, 0.1) is 5.92 Å². The number of allylic oxidation sites excluding steroid dienone is 3. The highest BCUT2D eigenvalue weighted by Gasteiger charge is 2.37. The molecule has 0 unspecified atom stereocenters. The number of hydrogen-bond acceptors (Lipinski definition) is 7. The molecule has 7 nitrogen and oxygen atoms in total. The highest BCUT2D eigenvalue weighted by atomic mass is 16.7. The topological polar surface area (TPSA) is 85.3 Å². The molecule has 2 aliphatic rings. The summed E-state index contributed by atoms with van der Waals surface area (Å²) in [6.07, 6.45) is 9.75. The Morgan fingerprint density at radius 2 is 1.77 bits per heavy atom. The van der Waals surface area contributed by atoms with Crippen LogP contribution in [0.25, 0.3) is 0 Å². The van der Waals surface area contributed by atoms with Gasteiger partial charge in [-0.1, -0.05) is 31.6 Å². The molecule has 0 aromatic carbocycles. The van der Waals surface area contributed by atoms with Crippen molar-refractivity contribution in [2.45, 2.75) is 122 Å². The molecule has 1 fully saturated rings. The SMILES string of the molecule is CC[C@H]1/C=C(C)/C=C/C(=O)CCC[C@H](O[C@H]2C[C@@H](N(C)C)[C@H](O)[C@@H](C)O2)CCCC(=O)O[C@@H]1CC. The van der Waals surface area contributed by atoms with Crippen molar-refractivity contribution in [2.75, 3.05) is 14.1 Å². The highest BCUT2D eigenvalue weighted by Crippen LogP contribution is 2.27. The van der Waals surface area contributed by atoms with Gasteiger partial charge in [0.1, 0.15) is 6.10 Å². The van der Waals surface area contributed by atoms with E-state index in [0.717, 1.165) is 18.4 Å². The van der Waals surface area contributed by atoms with Crippen molar-refractivity contribution >= 4 is 11.8 Å². The van der Waals surface area contributed by atoms with E-state index in [0.29, 0.717) is 44.9 Å². The molecule has 35 heavy (non-hydrogen) atoms. The standard InChI is InChI=1S/C28H47NO6/c1-7-21-17-19(3)15-16-22(30)11-9-12-23(13-10-14-26(31)35-25(21)8-2)34-27-18-24(29(5)6)28(32)20(4)33-27/h15-17,20-21,23-25,27-28,32H,7-14,18H2,1-6H3/b16-15+,19-17+/t20-,21+,23+,24-,25-,27+,28-/m1/s1. The monoisotopic (exact) mass is 493 g/mol. The molecule has 7 atom stereocenters. The lowest BCUT2D eigenvalue weighted by molar-refractivity contribution is -0.250. The summed E-state index contributed by atoms with van der Waals surface area (Å²) in [4.78, 5) is 27.1. The van der Waals surface area contributed by atoms with Gasteiger partial charge in [0.25, 0.3) is 0 Å². The number of carbonyl (C=O) groups excluding carboxylic acids is 2. The van der Waals surface area contributed by atoms with E-state index < -0.39 is 12.4 Å². The van der Waals surface area contributed by atoms with E-state index >= 15 is 0 Å². The zero-order chi connectivity index (χ0) is 26.0. The Bertz CT molecular complexity index is 733. The van der Waals surface area contributed by atoms with Crippen LogP contribution in [0.5, 0.6) is 0 Å². The maximum Gasteiger partial charge on any atom is 0.306 e. The molecule has 200 valence electrons. The molecule has 0 saturated carbocycles. The fraction of sp³-hybridized carbons (Fsp3) is 0.786. The Labute approximate surface area is 211 Å². The first-order chi connectivity index (χ1) is 16.6. The summed E-state index contributed by atoms with van der Waals surface area (Å²) in [5.41, 5.74) is 1.01. The molecule has 0 bridgehead atoms. The van der Waals surface area contributed by atoms with Crippen molar-refractivity contribution in [3.63, 3.8) is 0 Å². The maximum atomic E-state index is 12.6. The van der Waals surface area contributed by atoms with Crippen LogP contribution < -0.4 is 0 Å². The minimum absolute atomic E-state index is 0.0505. The van der Waals surface area contributed by atoms with Gasteiger partial charge in [0.2, 0.25) is 0 Å². The van der Waals surface area contributed by atoms with Gasteiger partial charge >= 0.3 is 5.97 Å². The summed E-state index contributed by atoms with van der Waals surface area (Å²) in [6.45, 7) is 7.97. The highest BCUT2D eigenvalue weighted by molar-refractivity contribution is 5.89. The molecular weight excluding hydrogens is 446 g/mol. The zero-order valence-electron chi connectivity index (χ0n) is 22.6. The van der Waals surface area contributed by atoms with Crippen molar-refractivity contribution in [3.8, 4) is 0 Å². The molecule has 0 amide bonds. The first-order valence-corrected chi connectivity index (χ1v) is 13.4. The normalized spacial score (nSPS) is 36.9. The van der Waals surface area contributed by atoms with Crippen LogP contribution in [0.2, 0.25) is 0 Å². The molecular formula is C28H47NO6. The molecule has 7 heteroatoms. The van der Waals surface area contributed by atoms with Gasteiger partial charge < -0.3 is 24.2 Å². The van der Waals surface area contributed by atoms with Crippen LogP contribution in [-0.2, 0) is 23.8 Å². The summed E-state index contributed by atoms with van der Waals surface area (Å²) in [5.74, 6) is 0.0582. The van der Waals surface area contributed by atoms with Gasteiger partial charge in [-0.25, -0.2) is 0 Å². The number of aliphatic hydroxyl groups is 1. The van der Waals surface area contributed by atoms with Gasteiger partial charge in [0, 0.05) is 31.2 Å². The van der Waals surface area contributed by atoms with E-state index in [-0.39, 0.29) is 42.0 Å². The van der Waals surface area contributed by atoms with Gasteiger partial charge in [-0.2, -0.15) is 0 Å².